The smallest absolute Gasteiger partial charge is 0.266 e. The predicted octanol–water partition coefficient (Wildman–Crippen LogP) is 4.20. The molecule has 13 nitrogen and oxygen atoms in total. The summed E-state index contributed by atoms with van der Waals surface area (Å²) in [6, 6.07) is 17.7. The third kappa shape index (κ3) is 7.81. The standard InChI is InChI=1S/C35H37N9O4S/c1-4-26-29(49-34(39-26)31-36-14-9-15-37-31)35(47)43-17-16-38-33(46)24-12-8-13-25(20-24)48-19-18-44-32(28(22(2)3)40-27(45)21-43)41-30(42-44)23-10-6-5-7-11-23/h5-15,20,22,28H,4,16-19,21H2,1-3H3,(H,38,46)(H,40,45)/t28-/m0/s1. The third-order valence-electron chi connectivity index (χ3n) is 7.93. The normalized spacial score (nSPS) is 15.9. The second-order valence-corrected chi connectivity index (χ2v) is 12.8. The number of nitrogens with one attached hydrogen (secondary N) is 2. The second-order valence-electron chi connectivity index (χ2n) is 11.8. The van der Waals surface area contributed by atoms with Crippen molar-refractivity contribution >= 4 is 29.1 Å². The highest BCUT2D eigenvalue weighted by atomic mass is 32.1. The number of fused-ring (bicyclic) bond motifs is 3. The zero-order valence-corrected chi connectivity index (χ0v) is 28.3. The van der Waals surface area contributed by atoms with Crippen LogP contribution >= 0.6 is 11.3 Å². The van der Waals surface area contributed by atoms with Gasteiger partial charge in [-0.3, -0.25) is 14.4 Å². The van der Waals surface area contributed by atoms with Crippen molar-refractivity contribution in [3.8, 4) is 28.0 Å². The van der Waals surface area contributed by atoms with Crippen molar-refractivity contribution in [2.45, 2.75) is 39.8 Å². The summed E-state index contributed by atoms with van der Waals surface area (Å²) in [5.41, 5.74) is 1.84. The first-order chi connectivity index (χ1) is 23.8. The molecule has 252 valence electrons. The Hall–Kier alpha value is -5.50. The molecule has 0 saturated carbocycles. The molecule has 49 heavy (non-hydrogen) atoms. The van der Waals surface area contributed by atoms with E-state index in [0.717, 1.165) is 5.56 Å². The fourth-order valence-corrected chi connectivity index (χ4v) is 6.49. The van der Waals surface area contributed by atoms with Crippen LogP contribution < -0.4 is 15.4 Å². The SMILES string of the molecule is CCc1nc(-c2ncccn2)sc1C(=O)N1CCNC(=O)c2cccc(c2)OCCn2nc(-c3ccccc3)nc2[C@H](C(C)C)NC(=O)C1. The van der Waals surface area contributed by atoms with Gasteiger partial charge in [0.05, 0.1) is 24.8 Å². The molecule has 6 rings (SSSR count). The number of ether oxygens (including phenoxy) is 1. The molecule has 4 heterocycles. The molecule has 3 aromatic heterocycles. The average molecular weight is 680 g/mol. The minimum absolute atomic E-state index is 0.0692. The monoisotopic (exact) mass is 679 g/mol. The van der Waals surface area contributed by atoms with Crippen molar-refractivity contribution in [1.29, 1.82) is 0 Å². The molecule has 5 aromatic rings. The van der Waals surface area contributed by atoms with Gasteiger partial charge in [-0.15, -0.1) is 11.3 Å². The Labute approximate surface area is 287 Å². The van der Waals surface area contributed by atoms with Crippen molar-refractivity contribution in [3.05, 3.63) is 95.0 Å². The van der Waals surface area contributed by atoms with E-state index in [1.54, 1.807) is 47.4 Å². The number of thiazole rings is 1. The quantitative estimate of drug-likeness (QED) is 0.278. The zero-order chi connectivity index (χ0) is 34.3. The lowest BCUT2D eigenvalue weighted by Crippen LogP contribution is -2.46. The minimum Gasteiger partial charge on any atom is -0.492 e. The highest BCUT2D eigenvalue weighted by molar-refractivity contribution is 7.17. The van der Waals surface area contributed by atoms with Gasteiger partial charge in [0.15, 0.2) is 22.5 Å². The van der Waals surface area contributed by atoms with Gasteiger partial charge >= 0.3 is 0 Å². The molecule has 1 aliphatic rings. The summed E-state index contributed by atoms with van der Waals surface area (Å²) in [6.07, 6.45) is 3.73. The van der Waals surface area contributed by atoms with E-state index in [-0.39, 0.29) is 49.9 Å². The predicted molar refractivity (Wildman–Crippen MR) is 184 cm³/mol. The van der Waals surface area contributed by atoms with Crippen LogP contribution in [0.4, 0.5) is 0 Å². The van der Waals surface area contributed by atoms with Gasteiger partial charge in [-0.1, -0.05) is 57.2 Å². The Morgan fingerprint density at radius 1 is 0.980 bits per heavy atom. The molecular weight excluding hydrogens is 643 g/mol. The molecule has 0 fully saturated rings. The van der Waals surface area contributed by atoms with Crippen molar-refractivity contribution in [3.63, 3.8) is 0 Å². The van der Waals surface area contributed by atoms with E-state index in [1.165, 1.54) is 16.2 Å². The van der Waals surface area contributed by atoms with E-state index < -0.39 is 6.04 Å². The third-order valence-corrected chi connectivity index (χ3v) is 9.02. The molecular formula is C35H37N9O4S. The van der Waals surface area contributed by atoms with Crippen LogP contribution in [-0.2, 0) is 17.8 Å². The Bertz CT molecular complexity index is 1930. The summed E-state index contributed by atoms with van der Waals surface area (Å²) < 4.78 is 7.79. The lowest BCUT2D eigenvalue weighted by atomic mass is 10.0. The lowest BCUT2D eigenvalue weighted by molar-refractivity contribution is -0.123. The van der Waals surface area contributed by atoms with E-state index in [9.17, 15) is 14.4 Å². The molecule has 14 heteroatoms. The number of hydrogen-bond donors (Lipinski definition) is 2. The van der Waals surface area contributed by atoms with E-state index in [1.807, 2.05) is 51.1 Å². The summed E-state index contributed by atoms with van der Waals surface area (Å²) in [4.78, 5) is 61.1. The van der Waals surface area contributed by atoms with Gasteiger partial charge in [0.25, 0.3) is 11.8 Å². The van der Waals surface area contributed by atoms with Crippen LogP contribution in [0.2, 0.25) is 0 Å². The number of nitrogens with zero attached hydrogens (tertiary/aromatic N) is 7. The van der Waals surface area contributed by atoms with Gasteiger partial charge in [-0.05, 0) is 36.6 Å². The number of aryl methyl sites for hydroxylation is 1. The van der Waals surface area contributed by atoms with Gasteiger partial charge in [0, 0.05) is 36.6 Å². The van der Waals surface area contributed by atoms with Crippen LogP contribution in [0.25, 0.3) is 22.2 Å². The molecule has 0 saturated heterocycles. The van der Waals surface area contributed by atoms with Gasteiger partial charge in [0.1, 0.15) is 17.2 Å². The Morgan fingerprint density at radius 3 is 2.51 bits per heavy atom. The summed E-state index contributed by atoms with van der Waals surface area (Å²) in [7, 11) is 0. The number of benzene rings is 2. The van der Waals surface area contributed by atoms with Crippen LogP contribution in [0, 0.1) is 5.92 Å². The summed E-state index contributed by atoms with van der Waals surface area (Å²) >= 11 is 1.19. The van der Waals surface area contributed by atoms with E-state index in [4.69, 9.17) is 14.8 Å². The Kier molecular flexibility index (Phi) is 10.3. The minimum atomic E-state index is -0.524. The maximum absolute atomic E-state index is 14.2. The molecule has 1 atom stereocenters. The van der Waals surface area contributed by atoms with Crippen LogP contribution in [0.3, 0.4) is 0 Å². The van der Waals surface area contributed by atoms with Crippen molar-refractivity contribution in [1.82, 2.24) is 45.2 Å². The Morgan fingerprint density at radius 2 is 1.76 bits per heavy atom. The number of carbonyl (C=O) groups is 3. The number of hydrogen-bond acceptors (Lipinski definition) is 10. The zero-order valence-electron chi connectivity index (χ0n) is 27.5. The first-order valence-electron chi connectivity index (χ1n) is 16.2. The highest BCUT2D eigenvalue weighted by Crippen LogP contribution is 2.28. The summed E-state index contributed by atoms with van der Waals surface area (Å²) in [5.74, 6) is 0.898. The highest BCUT2D eigenvalue weighted by Gasteiger charge is 2.29. The molecule has 2 N–H and O–H groups in total. The van der Waals surface area contributed by atoms with E-state index in [0.29, 0.717) is 57.3 Å². The molecule has 3 amide bonds. The molecule has 0 aliphatic carbocycles. The molecule has 0 spiro atoms. The van der Waals surface area contributed by atoms with E-state index in [2.05, 4.69) is 25.6 Å². The van der Waals surface area contributed by atoms with Crippen molar-refractivity contribution in [2.24, 2.45) is 5.92 Å². The van der Waals surface area contributed by atoms with Crippen LogP contribution in [0.15, 0.2) is 73.1 Å². The molecule has 1 aliphatic heterocycles. The van der Waals surface area contributed by atoms with Crippen LogP contribution in [-0.4, -0.2) is 78.6 Å². The van der Waals surface area contributed by atoms with Crippen molar-refractivity contribution in [2.75, 3.05) is 26.2 Å². The van der Waals surface area contributed by atoms with Gasteiger partial charge in [-0.25, -0.2) is 24.6 Å². The maximum Gasteiger partial charge on any atom is 0.266 e. The molecule has 2 bridgehead atoms. The Balaban J connectivity index is 1.35. The van der Waals surface area contributed by atoms with Crippen LogP contribution in [0.5, 0.6) is 5.75 Å². The molecule has 0 radical (unpaired) electrons. The van der Waals surface area contributed by atoms with Crippen molar-refractivity contribution < 1.29 is 19.1 Å². The fraction of sp³-hybridized carbons (Fsp3) is 0.314. The molecule has 0 unspecified atom stereocenters. The number of aromatic nitrogens is 6. The average Bonchev–Trinajstić information content (AvgIpc) is 3.75. The first kappa shape index (κ1) is 33.4. The number of carbonyl (C=O) groups excluding carboxylic acids is 3. The largest absolute Gasteiger partial charge is 0.492 e. The summed E-state index contributed by atoms with van der Waals surface area (Å²) in [5, 5.41) is 11.3. The molecule has 2 aromatic carbocycles. The second kappa shape index (κ2) is 15.2. The maximum atomic E-state index is 14.2. The van der Waals surface area contributed by atoms with E-state index >= 15 is 0 Å². The lowest BCUT2D eigenvalue weighted by Gasteiger charge is -2.26. The first-order valence-corrected chi connectivity index (χ1v) is 17.0. The topological polar surface area (TPSA) is 157 Å². The number of amides is 3. The fourth-order valence-electron chi connectivity index (χ4n) is 5.42. The summed E-state index contributed by atoms with van der Waals surface area (Å²) in [6.45, 7) is 6.42. The van der Waals surface area contributed by atoms with Crippen LogP contribution in [0.1, 0.15) is 58.4 Å². The van der Waals surface area contributed by atoms with Gasteiger partial charge in [0.2, 0.25) is 5.91 Å². The van der Waals surface area contributed by atoms with Gasteiger partial charge in [-0.2, -0.15) is 5.10 Å². The number of rotatable bonds is 5. The van der Waals surface area contributed by atoms with Gasteiger partial charge < -0.3 is 20.3 Å².